The molecule has 0 radical (unpaired) electrons. The normalized spacial score (nSPS) is 13.2. The van der Waals surface area contributed by atoms with Crippen molar-refractivity contribution in [3.05, 3.63) is 35.4 Å². The Morgan fingerprint density at radius 1 is 1.16 bits per heavy atom. The number of alkyl halides is 2. The van der Waals surface area contributed by atoms with Crippen molar-refractivity contribution in [2.75, 3.05) is 13.2 Å². The van der Waals surface area contributed by atoms with Crippen LogP contribution in [0.5, 0.6) is 0 Å². The summed E-state index contributed by atoms with van der Waals surface area (Å²) in [6, 6.07) is 7.77. The van der Waals surface area contributed by atoms with Crippen LogP contribution in [0.15, 0.2) is 24.3 Å². The Kier molecular flexibility index (Phi) is 6.95. The van der Waals surface area contributed by atoms with E-state index in [-0.39, 0.29) is 6.61 Å². The predicted octanol–water partition coefficient (Wildman–Crippen LogP) is 3.59. The molecule has 0 heterocycles. The van der Waals surface area contributed by atoms with Gasteiger partial charge in [0, 0.05) is 13.0 Å². The molecular weight excluding hydrogens is 250 g/mol. The highest BCUT2D eigenvalue weighted by Gasteiger charge is 2.09. The van der Waals surface area contributed by atoms with Crippen LogP contribution in [-0.4, -0.2) is 24.7 Å². The van der Waals surface area contributed by atoms with Gasteiger partial charge in [-0.2, -0.15) is 0 Å². The maximum Gasteiger partial charge on any atom is 0.261 e. The number of hydrogen-bond acceptors (Lipinski definition) is 2. The average Bonchev–Trinajstić information content (AvgIpc) is 2.34. The van der Waals surface area contributed by atoms with Gasteiger partial charge in [0.25, 0.3) is 6.43 Å². The van der Waals surface area contributed by atoms with Crippen LogP contribution in [0, 0.1) is 5.92 Å². The molecule has 19 heavy (non-hydrogen) atoms. The van der Waals surface area contributed by atoms with E-state index in [9.17, 15) is 13.9 Å². The van der Waals surface area contributed by atoms with Gasteiger partial charge >= 0.3 is 0 Å². The third-order valence-corrected chi connectivity index (χ3v) is 2.79. The van der Waals surface area contributed by atoms with Gasteiger partial charge in [-0.05, 0) is 23.5 Å². The number of hydrogen-bond donors (Lipinski definition) is 1. The maximum absolute atomic E-state index is 11.8. The topological polar surface area (TPSA) is 29.5 Å². The Balaban J connectivity index is 2.37. The summed E-state index contributed by atoms with van der Waals surface area (Å²) < 4.78 is 28.4. The molecule has 0 aliphatic heterocycles. The van der Waals surface area contributed by atoms with Gasteiger partial charge in [-0.15, -0.1) is 0 Å². The van der Waals surface area contributed by atoms with E-state index in [2.05, 4.69) is 13.8 Å². The molecule has 0 amide bonds. The highest BCUT2D eigenvalue weighted by Crippen LogP contribution is 2.18. The Labute approximate surface area is 113 Å². The van der Waals surface area contributed by atoms with Gasteiger partial charge < -0.3 is 9.84 Å². The highest BCUT2D eigenvalue weighted by molar-refractivity contribution is 5.24. The fourth-order valence-corrected chi connectivity index (χ4v) is 1.88. The summed E-state index contributed by atoms with van der Waals surface area (Å²) in [5.74, 6) is 0.596. The Bertz CT molecular complexity index is 350. The number of benzene rings is 1. The summed E-state index contributed by atoms with van der Waals surface area (Å²) in [6.07, 6.45) is -1.78. The van der Waals surface area contributed by atoms with Crippen LogP contribution in [0.4, 0.5) is 8.78 Å². The summed E-state index contributed by atoms with van der Waals surface area (Å²) in [4.78, 5) is 0. The van der Waals surface area contributed by atoms with Crippen molar-refractivity contribution in [1.29, 1.82) is 0 Å². The Morgan fingerprint density at radius 3 is 2.32 bits per heavy atom. The van der Waals surface area contributed by atoms with Crippen LogP contribution in [-0.2, 0) is 11.2 Å². The molecule has 0 aromatic heterocycles. The SMILES string of the molecule is CC(C)Cc1ccc(C(O)CCOCC(F)F)cc1. The standard InChI is InChI=1S/C15H22F2O2/c1-11(2)9-12-3-5-13(6-4-12)14(18)7-8-19-10-15(16)17/h3-6,11,14-15,18H,7-10H2,1-2H3. The minimum atomic E-state index is -2.45. The lowest BCUT2D eigenvalue weighted by Gasteiger charge is -2.12. The first-order valence-corrected chi connectivity index (χ1v) is 6.62. The van der Waals surface area contributed by atoms with Crippen LogP contribution in [0.25, 0.3) is 0 Å². The summed E-state index contributed by atoms with van der Waals surface area (Å²) in [6.45, 7) is 3.88. The van der Waals surface area contributed by atoms with Crippen LogP contribution < -0.4 is 0 Å². The fourth-order valence-electron chi connectivity index (χ4n) is 1.88. The van der Waals surface area contributed by atoms with Crippen LogP contribution in [0.1, 0.15) is 37.5 Å². The number of ether oxygens (including phenoxy) is 1. The highest BCUT2D eigenvalue weighted by atomic mass is 19.3. The van der Waals surface area contributed by atoms with Gasteiger partial charge in [0.15, 0.2) is 0 Å². The van der Waals surface area contributed by atoms with E-state index in [0.29, 0.717) is 12.3 Å². The molecule has 1 atom stereocenters. The molecule has 1 aromatic carbocycles. The summed E-state index contributed by atoms with van der Waals surface area (Å²) in [7, 11) is 0. The number of rotatable bonds is 8. The van der Waals surface area contributed by atoms with Gasteiger partial charge in [-0.1, -0.05) is 38.1 Å². The molecule has 0 aliphatic rings. The number of aliphatic hydroxyl groups is 1. The van der Waals surface area contributed by atoms with E-state index in [4.69, 9.17) is 4.74 Å². The lowest BCUT2D eigenvalue weighted by Crippen LogP contribution is -2.08. The first-order valence-electron chi connectivity index (χ1n) is 6.62. The quantitative estimate of drug-likeness (QED) is 0.733. The van der Waals surface area contributed by atoms with Crippen molar-refractivity contribution in [2.45, 2.75) is 39.2 Å². The van der Waals surface area contributed by atoms with E-state index in [1.165, 1.54) is 5.56 Å². The molecule has 108 valence electrons. The molecule has 0 aliphatic carbocycles. The molecule has 0 spiro atoms. The molecule has 4 heteroatoms. The number of halogens is 2. The van der Waals surface area contributed by atoms with Crippen molar-refractivity contribution in [3.8, 4) is 0 Å². The lowest BCUT2D eigenvalue weighted by molar-refractivity contribution is 0.00481. The largest absolute Gasteiger partial charge is 0.388 e. The van der Waals surface area contributed by atoms with E-state index in [0.717, 1.165) is 12.0 Å². The number of aliphatic hydroxyl groups excluding tert-OH is 1. The second-order valence-corrected chi connectivity index (χ2v) is 5.11. The third-order valence-electron chi connectivity index (χ3n) is 2.79. The van der Waals surface area contributed by atoms with Gasteiger partial charge in [0.1, 0.15) is 6.61 Å². The van der Waals surface area contributed by atoms with Crippen molar-refractivity contribution >= 4 is 0 Å². The summed E-state index contributed by atoms with van der Waals surface area (Å²) in [5, 5.41) is 9.89. The summed E-state index contributed by atoms with van der Waals surface area (Å²) >= 11 is 0. The lowest BCUT2D eigenvalue weighted by atomic mass is 9.99. The second-order valence-electron chi connectivity index (χ2n) is 5.11. The monoisotopic (exact) mass is 272 g/mol. The second kappa shape index (κ2) is 8.23. The molecule has 0 saturated carbocycles. The zero-order valence-corrected chi connectivity index (χ0v) is 11.5. The van der Waals surface area contributed by atoms with E-state index in [1.807, 2.05) is 24.3 Å². The minimum Gasteiger partial charge on any atom is -0.388 e. The Hall–Kier alpha value is -1.00. The Morgan fingerprint density at radius 2 is 1.79 bits per heavy atom. The van der Waals surface area contributed by atoms with Gasteiger partial charge in [0.2, 0.25) is 0 Å². The minimum absolute atomic E-state index is 0.138. The van der Waals surface area contributed by atoms with Crippen LogP contribution in [0.3, 0.4) is 0 Å². The third kappa shape index (κ3) is 6.64. The van der Waals surface area contributed by atoms with E-state index in [1.54, 1.807) is 0 Å². The maximum atomic E-state index is 11.8. The first kappa shape index (κ1) is 16.1. The molecule has 0 bridgehead atoms. The van der Waals surface area contributed by atoms with Crippen LogP contribution in [0.2, 0.25) is 0 Å². The van der Waals surface area contributed by atoms with Gasteiger partial charge in [0.05, 0.1) is 6.10 Å². The molecule has 2 nitrogen and oxygen atoms in total. The molecule has 1 rings (SSSR count). The molecule has 0 fully saturated rings. The van der Waals surface area contributed by atoms with Gasteiger partial charge in [-0.25, -0.2) is 8.78 Å². The van der Waals surface area contributed by atoms with Gasteiger partial charge in [-0.3, -0.25) is 0 Å². The molecule has 1 unspecified atom stereocenters. The molecular formula is C15H22F2O2. The van der Waals surface area contributed by atoms with Crippen LogP contribution >= 0.6 is 0 Å². The van der Waals surface area contributed by atoms with Crippen molar-refractivity contribution in [3.63, 3.8) is 0 Å². The fraction of sp³-hybridized carbons (Fsp3) is 0.600. The average molecular weight is 272 g/mol. The molecule has 0 saturated heterocycles. The predicted molar refractivity (Wildman–Crippen MR) is 71.4 cm³/mol. The first-order chi connectivity index (χ1) is 8.99. The smallest absolute Gasteiger partial charge is 0.261 e. The van der Waals surface area contributed by atoms with E-state index < -0.39 is 19.1 Å². The zero-order chi connectivity index (χ0) is 14.3. The zero-order valence-electron chi connectivity index (χ0n) is 11.5. The van der Waals surface area contributed by atoms with E-state index >= 15 is 0 Å². The molecule has 1 aromatic rings. The van der Waals surface area contributed by atoms with Crippen molar-refractivity contribution < 1.29 is 18.6 Å². The summed E-state index contributed by atoms with van der Waals surface area (Å²) in [5.41, 5.74) is 2.04. The van der Waals surface area contributed by atoms with Crippen molar-refractivity contribution in [1.82, 2.24) is 0 Å². The van der Waals surface area contributed by atoms with Crippen molar-refractivity contribution in [2.24, 2.45) is 5.92 Å². The molecule has 1 N–H and O–H groups in total.